The maximum absolute atomic E-state index is 12.7. The van der Waals surface area contributed by atoms with Gasteiger partial charge in [0.1, 0.15) is 5.75 Å². The van der Waals surface area contributed by atoms with E-state index in [1.165, 1.54) is 11.1 Å². The van der Waals surface area contributed by atoms with Crippen LogP contribution in [0.15, 0.2) is 36.4 Å². The van der Waals surface area contributed by atoms with E-state index in [2.05, 4.69) is 16.3 Å². The molecule has 27 heavy (non-hydrogen) atoms. The van der Waals surface area contributed by atoms with Gasteiger partial charge in [-0.15, -0.1) is 0 Å². The van der Waals surface area contributed by atoms with Gasteiger partial charge in [-0.2, -0.15) is 0 Å². The van der Waals surface area contributed by atoms with E-state index < -0.39 is 0 Å². The first-order valence-corrected chi connectivity index (χ1v) is 9.74. The van der Waals surface area contributed by atoms with Gasteiger partial charge in [0, 0.05) is 25.3 Å². The molecule has 0 unspecified atom stereocenters. The van der Waals surface area contributed by atoms with Crippen molar-refractivity contribution in [3.05, 3.63) is 58.7 Å². The lowest BCUT2D eigenvalue weighted by Crippen LogP contribution is -2.35. The normalized spacial score (nSPS) is 17.3. The van der Waals surface area contributed by atoms with Crippen LogP contribution in [-0.2, 0) is 24.1 Å². The van der Waals surface area contributed by atoms with E-state index in [-0.39, 0.29) is 11.7 Å². The summed E-state index contributed by atoms with van der Waals surface area (Å²) in [6.07, 6.45) is 4.25. The molecule has 0 radical (unpaired) electrons. The Labute approximate surface area is 160 Å². The molecule has 2 aromatic carbocycles. The number of hydrogen-bond acceptors (Lipinski definition) is 4. The van der Waals surface area contributed by atoms with Crippen LogP contribution in [0.5, 0.6) is 5.75 Å². The van der Waals surface area contributed by atoms with Gasteiger partial charge in [0.25, 0.3) is 5.91 Å². The van der Waals surface area contributed by atoms with Gasteiger partial charge >= 0.3 is 0 Å². The highest BCUT2D eigenvalue weighted by molar-refractivity contribution is 6.06. The minimum atomic E-state index is -0.260. The topological polar surface area (TPSA) is 61.8 Å². The first-order chi connectivity index (χ1) is 13.2. The lowest BCUT2D eigenvalue weighted by atomic mass is 9.90. The minimum Gasteiger partial charge on any atom is -0.507 e. The Morgan fingerprint density at radius 3 is 2.59 bits per heavy atom. The molecule has 142 valence electrons. The van der Waals surface area contributed by atoms with Crippen molar-refractivity contribution in [1.29, 1.82) is 0 Å². The van der Waals surface area contributed by atoms with E-state index in [1.54, 1.807) is 6.07 Å². The molecule has 0 bridgehead atoms. The molecule has 1 saturated heterocycles. The monoisotopic (exact) mass is 366 g/mol. The Bertz CT molecular complexity index is 828. The van der Waals surface area contributed by atoms with Crippen molar-refractivity contribution in [2.24, 2.45) is 0 Å². The highest BCUT2D eigenvalue weighted by Crippen LogP contribution is 2.29. The molecule has 0 spiro atoms. The van der Waals surface area contributed by atoms with Crippen LogP contribution in [0.3, 0.4) is 0 Å². The third-order valence-electron chi connectivity index (χ3n) is 5.40. The highest BCUT2D eigenvalue weighted by atomic mass is 16.5. The predicted octanol–water partition coefficient (Wildman–Crippen LogP) is 3.36. The number of carbonyl (C=O) groups is 1. The number of carbonyl (C=O) groups excluding carboxylic acids is 1. The lowest BCUT2D eigenvalue weighted by Gasteiger charge is -2.26. The number of morpholine rings is 1. The molecule has 0 saturated carbocycles. The van der Waals surface area contributed by atoms with E-state index in [9.17, 15) is 9.90 Å². The molecule has 1 heterocycles. The van der Waals surface area contributed by atoms with Crippen LogP contribution in [-0.4, -0.2) is 42.2 Å². The quantitative estimate of drug-likeness (QED) is 0.871. The molecule has 1 aliphatic heterocycles. The fourth-order valence-electron chi connectivity index (χ4n) is 3.92. The van der Waals surface area contributed by atoms with Gasteiger partial charge in [-0.25, -0.2) is 0 Å². The van der Waals surface area contributed by atoms with Gasteiger partial charge in [-0.3, -0.25) is 9.69 Å². The maximum Gasteiger partial charge on any atom is 0.259 e. The summed E-state index contributed by atoms with van der Waals surface area (Å²) in [4.78, 5) is 15.1. The van der Waals surface area contributed by atoms with E-state index in [0.717, 1.165) is 69.8 Å². The van der Waals surface area contributed by atoms with Crippen molar-refractivity contribution >= 4 is 11.6 Å². The number of amides is 1. The number of fused-ring (bicyclic) bond motifs is 1. The number of nitrogens with zero attached hydrogens (tertiary/aromatic N) is 1. The summed E-state index contributed by atoms with van der Waals surface area (Å²) >= 11 is 0. The molecule has 1 aliphatic carbocycles. The minimum absolute atomic E-state index is 0.0672. The average molecular weight is 366 g/mol. The van der Waals surface area contributed by atoms with Gasteiger partial charge in [-0.05, 0) is 66.6 Å². The van der Waals surface area contributed by atoms with E-state index in [1.807, 2.05) is 24.3 Å². The molecule has 2 N–H and O–H groups in total. The second-order valence-corrected chi connectivity index (χ2v) is 7.39. The smallest absolute Gasteiger partial charge is 0.259 e. The Hall–Kier alpha value is -2.37. The van der Waals surface area contributed by atoms with Gasteiger partial charge in [0.05, 0.1) is 18.8 Å². The summed E-state index contributed by atoms with van der Waals surface area (Å²) in [5.74, 6) is -0.193. The van der Waals surface area contributed by atoms with Crippen molar-refractivity contribution in [3.8, 4) is 5.75 Å². The van der Waals surface area contributed by atoms with Gasteiger partial charge in [0.15, 0.2) is 0 Å². The van der Waals surface area contributed by atoms with Crippen molar-refractivity contribution in [3.63, 3.8) is 0 Å². The van der Waals surface area contributed by atoms with Gasteiger partial charge in [0.2, 0.25) is 0 Å². The lowest BCUT2D eigenvalue weighted by molar-refractivity contribution is 0.0342. The largest absolute Gasteiger partial charge is 0.507 e. The molecule has 1 amide bonds. The van der Waals surface area contributed by atoms with Crippen LogP contribution in [0, 0.1) is 0 Å². The average Bonchev–Trinajstić information content (AvgIpc) is 2.68. The Balaban J connectivity index is 1.47. The van der Waals surface area contributed by atoms with Crippen LogP contribution < -0.4 is 5.32 Å². The van der Waals surface area contributed by atoms with Crippen LogP contribution in [0.1, 0.15) is 39.9 Å². The number of phenolic OH excluding ortho intramolecular Hbond substituents is 1. The van der Waals surface area contributed by atoms with Crippen molar-refractivity contribution in [2.45, 2.75) is 32.2 Å². The predicted molar refractivity (Wildman–Crippen MR) is 105 cm³/mol. The molecule has 5 nitrogen and oxygen atoms in total. The third-order valence-corrected chi connectivity index (χ3v) is 5.40. The number of hydrogen-bond donors (Lipinski definition) is 2. The van der Waals surface area contributed by atoms with Crippen LogP contribution in [0.25, 0.3) is 0 Å². The summed E-state index contributed by atoms with van der Waals surface area (Å²) < 4.78 is 5.39. The summed E-state index contributed by atoms with van der Waals surface area (Å²) in [6.45, 7) is 4.25. The SMILES string of the molecule is O=C(Nc1cccc(CN2CCOCC2)c1)c1cc2c(cc1O)CCCC2. The fraction of sp³-hybridized carbons (Fsp3) is 0.409. The number of phenols is 1. The van der Waals surface area contributed by atoms with Crippen LogP contribution in [0.2, 0.25) is 0 Å². The van der Waals surface area contributed by atoms with Gasteiger partial charge < -0.3 is 15.2 Å². The number of ether oxygens (including phenoxy) is 1. The summed E-state index contributed by atoms with van der Waals surface area (Å²) in [5.41, 5.74) is 4.62. The van der Waals surface area contributed by atoms with Crippen molar-refractivity contribution < 1.29 is 14.6 Å². The molecule has 0 aromatic heterocycles. The van der Waals surface area contributed by atoms with Gasteiger partial charge in [-0.1, -0.05) is 12.1 Å². The zero-order valence-corrected chi connectivity index (χ0v) is 15.5. The summed E-state index contributed by atoms with van der Waals surface area (Å²) in [6, 6.07) is 11.5. The molecular weight excluding hydrogens is 340 g/mol. The Morgan fingerprint density at radius 1 is 1.07 bits per heavy atom. The summed E-state index contributed by atoms with van der Waals surface area (Å²) in [5, 5.41) is 13.2. The maximum atomic E-state index is 12.7. The summed E-state index contributed by atoms with van der Waals surface area (Å²) in [7, 11) is 0. The first kappa shape index (κ1) is 18.0. The number of nitrogens with one attached hydrogen (secondary N) is 1. The molecular formula is C22H26N2O3. The number of benzene rings is 2. The second-order valence-electron chi connectivity index (χ2n) is 7.39. The zero-order chi connectivity index (χ0) is 18.6. The second kappa shape index (κ2) is 8.11. The number of anilines is 1. The van der Waals surface area contributed by atoms with E-state index >= 15 is 0 Å². The molecule has 2 aliphatic rings. The Morgan fingerprint density at radius 2 is 1.81 bits per heavy atom. The first-order valence-electron chi connectivity index (χ1n) is 9.74. The fourth-order valence-corrected chi connectivity index (χ4v) is 3.92. The number of aryl methyl sites for hydroxylation is 2. The van der Waals surface area contributed by atoms with E-state index in [4.69, 9.17) is 4.74 Å². The van der Waals surface area contributed by atoms with Crippen LogP contribution >= 0.6 is 0 Å². The molecule has 0 atom stereocenters. The van der Waals surface area contributed by atoms with E-state index in [0.29, 0.717) is 5.56 Å². The van der Waals surface area contributed by atoms with Crippen molar-refractivity contribution in [2.75, 3.05) is 31.6 Å². The molecule has 1 fully saturated rings. The Kier molecular flexibility index (Phi) is 5.41. The number of rotatable bonds is 4. The van der Waals surface area contributed by atoms with Crippen molar-refractivity contribution in [1.82, 2.24) is 4.90 Å². The molecule has 2 aromatic rings. The standard InChI is InChI=1S/C22H26N2O3/c25-21-14-18-6-2-1-5-17(18)13-20(21)22(26)23-19-7-3-4-16(12-19)15-24-8-10-27-11-9-24/h3-4,7,12-14,25H,1-2,5-6,8-11,15H2,(H,23,26). The van der Waals surface area contributed by atoms with Crippen LogP contribution in [0.4, 0.5) is 5.69 Å². The zero-order valence-electron chi connectivity index (χ0n) is 15.5. The molecule has 4 rings (SSSR count). The highest BCUT2D eigenvalue weighted by Gasteiger charge is 2.18. The number of aromatic hydroxyl groups is 1. The third kappa shape index (κ3) is 4.31. The molecule has 5 heteroatoms.